The SMILES string of the molecule is CCOC(=O)CNc1ccc(-n2cnnn2)cc1. The van der Waals surface area contributed by atoms with E-state index in [0.29, 0.717) is 6.61 Å². The number of rotatable bonds is 5. The molecule has 1 aromatic heterocycles. The normalized spacial score (nSPS) is 10.1. The molecule has 0 bridgehead atoms. The van der Waals surface area contributed by atoms with Gasteiger partial charge in [-0.15, -0.1) is 5.10 Å². The minimum absolute atomic E-state index is 0.151. The van der Waals surface area contributed by atoms with E-state index in [-0.39, 0.29) is 12.5 Å². The van der Waals surface area contributed by atoms with Crippen molar-refractivity contribution in [2.45, 2.75) is 6.92 Å². The van der Waals surface area contributed by atoms with Crippen molar-refractivity contribution in [3.8, 4) is 5.69 Å². The molecule has 2 rings (SSSR count). The maximum Gasteiger partial charge on any atom is 0.325 e. The van der Waals surface area contributed by atoms with Gasteiger partial charge in [-0.25, -0.2) is 4.68 Å². The number of hydrogen-bond acceptors (Lipinski definition) is 6. The molecule has 7 nitrogen and oxygen atoms in total. The van der Waals surface area contributed by atoms with Crippen molar-refractivity contribution in [1.82, 2.24) is 20.2 Å². The van der Waals surface area contributed by atoms with Crippen molar-refractivity contribution in [1.29, 1.82) is 0 Å². The van der Waals surface area contributed by atoms with E-state index in [9.17, 15) is 4.79 Å². The molecular weight excluding hydrogens is 234 g/mol. The number of aromatic nitrogens is 4. The van der Waals surface area contributed by atoms with Gasteiger partial charge in [0.25, 0.3) is 0 Å². The van der Waals surface area contributed by atoms with E-state index in [2.05, 4.69) is 20.8 Å². The minimum Gasteiger partial charge on any atom is -0.465 e. The zero-order chi connectivity index (χ0) is 12.8. The molecule has 1 heterocycles. The smallest absolute Gasteiger partial charge is 0.325 e. The predicted octanol–water partition coefficient (Wildman–Crippen LogP) is 0.637. The first kappa shape index (κ1) is 12.0. The first-order chi connectivity index (χ1) is 8.79. The second-order valence-corrected chi connectivity index (χ2v) is 3.46. The van der Waals surface area contributed by atoms with Crippen LogP contribution in [0.2, 0.25) is 0 Å². The van der Waals surface area contributed by atoms with Crippen LogP contribution in [-0.2, 0) is 9.53 Å². The van der Waals surface area contributed by atoms with Crippen molar-refractivity contribution >= 4 is 11.7 Å². The van der Waals surface area contributed by atoms with Crippen LogP contribution in [0.25, 0.3) is 5.69 Å². The third-order valence-electron chi connectivity index (χ3n) is 2.22. The van der Waals surface area contributed by atoms with Gasteiger partial charge in [0.2, 0.25) is 0 Å². The van der Waals surface area contributed by atoms with Gasteiger partial charge in [0.1, 0.15) is 12.9 Å². The van der Waals surface area contributed by atoms with Gasteiger partial charge in [-0.2, -0.15) is 0 Å². The highest BCUT2D eigenvalue weighted by molar-refractivity contribution is 5.75. The van der Waals surface area contributed by atoms with Crippen molar-refractivity contribution in [2.24, 2.45) is 0 Å². The lowest BCUT2D eigenvalue weighted by atomic mass is 10.3. The average molecular weight is 247 g/mol. The molecule has 0 fully saturated rings. The molecule has 0 amide bonds. The number of hydrogen-bond donors (Lipinski definition) is 1. The molecule has 0 unspecified atom stereocenters. The predicted molar refractivity (Wildman–Crippen MR) is 64.3 cm³/mol. The zero-order valence-corrected chi connectivity index (χ0v) is 9.91. The van der Waals surface area contributed by atoms with E-state index in [1.165, 1.54) is 6.33 Å². The summed E-state index contributed by atoms with van der Waals surface area (Å²) in [5.74, 6) is -0.276. The maximum atomic E-state index is 11.2. The largest absolute Gasteiger partial charge is 0.465 e. The van der Waals surface area contributed by atoms with Gasteiger partial charge in [0, 0.05) is 5.69 Å². The Morgan fingerprint density at radius 3 is 2.78 bits per heavy atom. The standard InChI is InChI=1S/C11H13N5O2/c1-2-18-11(17)7-12-9-3-5-10(6-4-9)16-8-13-14-15-16/h3-6,8,12H,2,7H2,1H3. The summed E-state index contributed by atoms with van der Waals surface area (Å²) in [7, 11) is 0. The van der Waals surface area contributed by atoms with Crippen molar-refractivity contribution in [3.63, 3.8) is 0 Å². The lowest BCUT2D eigenvalue weighted by Crippen LogP contribution is -2.16. The van der Waals surface area contributed by atoms with Crippen molar-refractivity contribution < 1.29 is 9.53 Å². The summed E-state index contributed by atoms with van der Waals surface area (Å²) < 4.78 is 6.36. The number of nitrogens with one attached hydrogen (secondary N) is 1. The quantitative estimate of drug-likeness (QED) is 0.781. The Bertz CT molecular complexity index is 495. The van der Waals surface area contributed by atoms with Crippen molar-refractivity contribution in [2.75, 3.05) is 18.5 Å². The van der Waals surface area contributed by atoms with Crippen LogP contribution >= 0.6 is 0 Å². The van der Waals surface area contributed by atoms with Gasteiger partial charge in [0.15, 0.2) is 0 Å². The molecule has 0 atom stereocenters. The molecular formula is C11H13N5O2. The Kier molecular flexibility index (Phi) is 3.85. The monoisotopic (exact) mass is 247 g/mol. The third kappa shape index (κ3) is 3.03. The molecule has 0 spiro atoms. The highest BCUT2D eigenvalue weighted by atomic mass is 16.5. The summed E-state index contributed by atoms with van der Waals surface area (Å²) in [5.41, 5.74) is 1.68. The summed E-state index contributed by atoms with van der Waals surface area (Å²) in [6.07, 6.45) is 1.51. The van der Waals surface area contributed by atoms with Crippen molar-refractivity contribution in [3.05, 3.63) is 30.6 Å². The van der Waals surface area contributed by atoms with Gasteiger partial charge in [0.05, 0.1) is 12.3 Å². The molecule has 1 aromatic carbocycles. The van der Waals surface area contributed by atoms with Crippen LogP contribution in [0.15, 0.2) is 30.6 Å². The van der Waals surface area contributed by atoms with E-state index >= 15 is 0 Å². The molecule has 2 aromatic rings. The van der Waals surface area contributed by atoms with Crippen LogP contribution in [0, 0.1) is 0 Å². The molecule has 18 heavy (non-hydrogen) atoms. The highest BCUT2D eigenvalue weighted by Gasteiger charge is 2.02. The van der Waals surface area contributed by atoms with Crippen LogP contribution in [-0.4, -0.2) is 39.3 Å². The molecule has 0 aliphatic carbocycles. The Morgan fingerprint density at radius 1 is 1.39 bits per heavy atom. The maximum absolute atomic E-state index is 11.2. The summed E-state index contributed by atoms with van der Waals surface area (Å²) in [6.45, 7) is 2.32. The average Bonchev–Trinajstić information content (AvgIpc) is 2.91. The van der Waals surface area contributed by atoms with Gasteiger partial charge in [-0.1, -0.05) is 0 Å². The Hall–Kier alpha value is -2.44. The zero-order valence-electron chi connectivity index (χ0n) is 9.91. The van der Waals surface area contributed by atoms with Crippen LogP contribution in [0.3, 0.4) is 0 Å². The van der Waals surface area contributed by atoms with Crippen LogP contribution in [0.1, 0.15) is 6.92 Å². The fourth-order valence-electron chi connectivity index (χ4n) is 1.40. The first-order valence-corrected chi connectivity index (χ1v) is 5.52. The minimum atomic E-state index is -0.276. The molecule has 1 N–H and O–H groups in total. The van der Waals surface area contributed by atoms with Crippen LogP contribution in [0.5, 0.6) is 0 Å². The molecule has 0 aliphatic rings. The Morgan fingerprint density at radius 2 is 2.17 bits per heavy atom. The number of esters is 1. The topological polar surface area (TPSA) is 81.9 Å². The number of nitrogens with zero attached hydrogens (tertiary/aromatic N) is 4. The van der Waals surface area contributed by atoms with Gasteiger partial charge in [-0.3, -0.25) is 4.79 Å². The second-order valence-electron chi connectivity index (χ2n) is 3.46. The Labute approximate surface area is 104 Å². The number of carbonyl (C=O) groups excluding carboxylic acids is 1. The van der Waals surface area contributed by atoms with Gasteiger partial charge in [-0.05, 0) is 41.6 Å². The molecule has 7 heteroatoms. The van der Waals surface area contributed by atoms with Crippen LogP contribution < -0.4 is 5.32 Å². The Balaban J connectivity index is 1.94. The number of tetrazole rings is 1. The van der Waals surface area contributed by atoms with E-state index < -0.39 is 0 Å². The number of anilines is 1. The summed E-state index contributed by atoms with van der Waals surface area (Å²) >= 11 is 0. The fraction of sp³-hybridized carbons (Fsp3) is 0.273. The lowest BCUT2D eigenvalue weighted by Gasteiger charge is -2.06. The van der Waals surface area contributed by atoms with Gasteiger partial charge >= 0.3 is 5.97 Å². The number of benzene rings is 1. The molecule has 0 saturated heterocycles. The van der Waals surface area contributed by atoms with E-state index in [4.69, 9.17) is 4.74 Å². The van der Waals surface area contributed by atoms with Crippen LogP contribution in [0.4, 0.5) is 5.69 Å². The van der Waals surface area contributed by atoms with E-state index in [1.54, 1.807) is 11.6 Å². The first-order valence-electron chi connectivity index (χ1n) is 5.52. The molecule has 94 valence electrons. The summed E-state index contributed by atoms with van der Waals surface area (Å²) in [4.78, 5) is 11.2. The number of carbonyl (C=O) groups is 1. The molecule has 0 aliphatic heterocycles. The summed E-state index contributed by atoms with van der Waals surface area (Å²) in [6, 6.07) is 7.39. The lowest BCUT2D eigenvalue weighted by molar-refractivity contribution is -0.140. The third-order valence-corrected chi connectivity index (χ3v) is 2.22. The summed E-state index contributed by atoms with van der Waals surface area (Å²) in [5, 5.41) is 13.9. The molecule has 0 radical (unpaired) electrons. The van der Waals surface area contributed by atoms with Gasteiger partial charge < -0.3 is 10.1 Å². The second kappa shape index (κ2) is 5.76. The van der Waals surface area contributed by atoms with E-state index in [1.807, 2.05) is 24.3 Å². The van der Waals surface area contributed by atoms with E-state index in [0.717, 1.165) is 11.4 Å². The highest BCUT2D eigenvalue weighted by Crippen LogP contribution is 2.11. The number of ether oxygens (including phenoxy) is 1. The fourth-order valence-corrected chi connectivity index (χ4v) is 1.40. The molecule has 0 saturated carbocycles.